The van der Waals surface area contributed by atoms with E-state index in [9.17, 15) is 9.59 Å². The summed E-state index contributed by atoms with van der Waals surface area (Å²) >= 11 is 0. The van der Waals surface area contributed by atoms with Crippen LogP contribution in [0.3, 0.4) is 0 Å². The summed E-state index contributed by atoms with van der Waals surface area (Å²) in [6, 6.07) is 5.68. The van der Waals surface area contributed by atoms with Crippen LogP contribution in [0, 0.1) is 6.92 Å². The van der Waals surface area contributed by atoms with Gasteiger partial charge in [-0.05, 0) is 24.6 Å². The molecule has 6 heteroatoms. The first-order chi connectivity index (χ1) is 9.58. The summed E-state index contributed by atoms with van der Waals surface area (Å²) in [6.45, 7) is 2.32. The highest BCUT2D eigenvalue weighted by Gasteiger charge is 2.20. The predicted molar refractivity (Wildman–Crippen MR) is 77.9 cm³/mol. The number of urea groups is 1. The van der Waals surface area contributed by atoms with Crippen LogP contribution < -0.4 is 10.2 Å². The van der Waals surface area contributed by atoms with Crippen LogP contribution in [0.5, 0.6) is 0 Å². The molecule has 0 saturated heterocycles. The average Bonchev–Trinajstić information content (AvgIpc) is 2.76. The summed E-state index contributed by atoms with van der Waals surface area (Å²) in [5.41, 5.74) is 2.09. The summed E-state index contributed by atoms with van der Waals surface area (Å²) in [7, 11) is 3.40. The Morgan fingerprint density at radius 2 is 2.25 bits per heavy atom. The molecule has 0 atom stereocenters. The molecule has 0 radical (unpaired) electrons. The van der Waals surface area contributed by atoms with Gasteiger partial charge in [0.1, 0.15) is 6.29 Å². The van der Waals surface area contributed by atoms with E-state index in [0.717, 1.165) is 22.8 Å². The number of anilines is 1. The van der Waals surface area contributed by atoms with Crippen molar-refractivity contribution in [2.45, 2.75) is 13.3 Å². The molecular weight excluding hydrogens is 256 g/mol. The Bertz CT molecular complexity index is 648. The number of aldehydes is 1. The maximum atomic E-state index is 12.0. The number of aromatic nitrogens is 2. The lowest BCUT2D eigenvalue weighted by atomic mass is 10.2. The van der Waals surface area contributed by atoms with Crippen LogP contribution in [0.4, 0.5) is 10.6 Å². The monoisotopic (exact) mass is 274 g/mol. The molecule has 0 saturated carbocycles. The molecule has 0 spiro atoms. The van der Waals surface area contributed by atoms with Gasteiger partial charge in [0.05, 0.1) is 5.52 Å². The van der Waals surface area contributed by atoms with Crippen LogP contribution in [-0.2, 0) is 11.8 Å². The third kappa shape index (κ3) is 2.49. The highest BCUT2D eigenvalue weighted by molar-refractivity contribution is 6.01. The van der Waals surface area contributed by atoms with E-state index in [-0.39, 0.29) is 12.5 Å². The lowest BCUT2D eigenvalue weighted by Gasteiger charge is -2.19. The van der Waals surface area contributed by atoms with Gasteiger partial charge >= 0.3 is 6.03 Å². The first-order valence-electron chi connectivity index (χ1n) is 6.44. The Morgan fingerprint density at radius 3 is 2.90 bits per heavy atom. The van der Waals surface area contributed by atoms with Crippen molar-refractivity contribution in [3.63, 3.8) is 0 Å². The molecule has 0 aliphatic heterocycles. The molecule has 2 aromatic rings. The number of amides is 2. The van der Waals surface area contributed by atoms with Crippen molar-refractivity contribution in [3.05, 3.63) is 23.8 Å². The Kier molecular flexibility index (Phi) is 4.02. The van der Waals surface area contributed by atoms with E-state index in [2.05, 4.69) is 10.4 Å². The van der Waals surface area contributed by atoms with Crippen LogP contribution in [0.2, 0.25) is 0 Å². The molecule has 106 valence electrons. The normalized spacial score (nSPS) is 10.6. The second-order valence-corrected chi connectivity index (χ2v) is 4.63. The minimum atomic E-state index is -0.271. The molecule has 0 unspecified atom stereocenters. The van der Waals surface area contributed by atoms with Gasteiger partial charge in [0.2, 0.25) is 0 Å². The van der Waals surface area contributed by atoms with Gasteiger partial charge in [0.25, 0.3) is 0 Å². The number of carbonyl (C=O) groups excluding carboxylic acids is 2. The summed E-state index contributed by atoms with van der Waals surface area (Å²) in [5.74, 6) is 0.573. The smallest absolute Gasteiger partial charge is 0.322 e. The Hall–Kier alpha value is -2.37. The highest BCUT2D eigenvalue weighted by Crippen LogP contribution is 2.26. The van der Waals surface area contributed by atoms with Gasteiger partial charge < -0.3 is 10.1 Å². The third-order valence-electron chi connectivity index (χ3n) is 3.17. The van der Waals surface area contributed by atoms with Crippen molar-refractivity contribution in [1.82, 2.24) is 15.1 Å². The minimum Gasteiger partial charge on any atom is -0.341 e. The SMILES string of the molecule is CNC(=O)N(CCC=O)c1nn(C)c2cc(C)ccc12. The molecule has 1 N–H and O–H groups in total. The maximum Gasteiger partial charge on any atom is 0.322 e. The molecular formula is C14H18N4O2. The van der Waals surface area contributed by atoms with Crippen molar-refractivity contribution in [3.8, 4) is 0 Å². The molecule has 1 aromatic heterocycles. The average molecular weight is 274 g/mol. The van der Waals surface area contributed by atoms with Gasteiger partial charge in [-0.15, -0.1) is 0 Å². The number of aryl methyl sites for hydroxylation is 2. The zero-order valence-electron chi connectivity index (χ0n) is 11.9. The lowest BCUT2D eigenvalue weighted by molar-refractivity contribution is -0.107. The van der Waals surface area contributed by atoms with Crippen molar-refractivity contribution >= 4 is 29.0 Å². The number of hydrogen-bond acceptors (Lipinski definition) is 3. The fourth-order valence-electron chi connectivity index (χ4n) is 2.17. The van der Waals surface area contributed by atoms with Crippen molar-refractivity contribution in [2.75, 3.05) is 18.5 Å². The number of hydrogen-bond donors (Lipinski definition) is 1. The van der Waals surface area contributed by atoms with Crippen molar-refractivity contribution in [1.29, 1.82) is 0 Å². The van der Waals surface area contributed by atoms with Gasteiger partial charge in [-0.2, -0.15) is 5.10 Å². The van der Waals surface area contributed by atoms with E-state index in [4.69, 9.17) is 0 Å². The number of carbonyl (C=O) groups is 2. The van der Waals surface area contributed by atoms with Crippen LogP contribution in [0.15, 0.2) is 18.2 Å². The summed E-state index contributed by atoms with van der Waals surface area (Å²) in [6.07, 6.45) is 1.07. The zero-order chi connectivity index (χ0) is 14.7. The molecule has 2 rings (SSSR count). The van der Waals surface area contributed by atoms with Crippen LogP contribution in [0.1, 0.15) is 12.0 Å². The largest absolute Gasteiger partial charge is 0.341 e. The number of benzene rings is 1. The maximum absolute atomic E-state index is 12.0. The second-order valence-electron chi connectivity index (χ2n) is 4.63. The first-order valence-corrected chi connectivity index (χ1v) is 6.44. The topological polar surface area (TPSA) is 67.2 Å². The van der Waals surface area contributed by atoms with E-state index in [1.165, 1.54) is 4.90 Å². The molecule has 6 nitrogen and oxygen atoms in total. The van der Waals surface area contributed by atoms with E-state index >= 15 is 0 Å². The molecule has 0 bridgehead atoms. The fourth-order valence-corrected chi connectivity index (χ4v) is 2.17. The number of fused-ring (bicyclic) bond motifs is 1. The van der Waals surface area contributed by atoms with E-state index in [0.29, 0.717) is 12.4 Å². The highest BCUT2D eigenvalue weighted by atomic mass is 16.2. The molecule has 0 aliphatic carbocycles. The quantitative estimate of drug-likeness (QED) is 0.861. The van der Waals surface area contributed by atoms with Crippen LogP contribution >= 0.6 is 0 Å². The molecule has 2 amide bonds. The number of nitrogens with zero attached hydrogens (tertiary/aromatic N) is 3. The second kappa shape index (κ2) is 5.73. The Morgan fingerprint density at radius 1 is 1.50 bits per heavy atom. The molecule has 1 heterocycles. The number of nitrogens with one attached hydrogen (secondary N) is 1. The van der Waals surface area contributed by atoms with E-state index in [1.807, 2.05) is 32.2 Å². The molecule has 0 fully saturated rings. The Labute approximate surface area is 117 Å². The van der Waals surface area contributed by atoms with Gasteiger partial charge in [-0.25, -0.2) is 4.79 Å². The minimum absolute atomic E-state index is 0.271. The zero-order valence-corrected chi connectivity index (χ0v) is 11.9. The summed E-state index contributed by atoms with van der Waals surface area (Å²) in [5, 5.41) is 7.89. The lowest BCUT2D eigenvalue weighted by Crippen LogP contribution is -2.39. The standard InChI is InChI=1S/C14H18N4O2/c1-10-5-6-11-12(9-10)17(3)16-13(11)18(7-4-8-19)14(20)15-2/h5-6,8-9H,4,7H2,1-3H3,(H,15,20). The number of rotatable bonds is 4. The van der Waals surface area contributed by atoms with Crippen molar-refractivity contribution in [2.24, 2.45) is 7.05 Å². The summed E-state index contributed by atoms with van der Waals surface area (Å²) < 4.78 is 1.74. The molecule has 0 aliphatic rings. The van der Waals surface area contributed by atoms with Crippen LogP contribution in [-0.4, -0.2) is 35.7 Å². The molecule has 20 heavy (non-hydrogen) atoms. The van der Waals surface area contributed by atoms with Gasteiger partial charge in [0.15, 0.2) is 5.82 Å². The van der Waals surface area contributed by atoms with Gasteiger partial charge in [-0.3, -0.25) is 9.58 Å². The first kappa shape index (κ1) is 14.0. The van der Waals surface area contributed by atoms with Gasteiger partial charge in [0, 0.05) is 32.4 Å². The Balaban J connectivity index is 2.52. The fraction of sp³-hybridized carbons (Fsp3) is 0.357. The van der Waals surface area contributed by atoms with Crippen LogP contribution in [0.25, 0.3) is 10.9 Å². The third-order valence-corrected chi connectivity index (χ3v) is 3.17. The van der Waals surface area contributed by atoms with E-state index < -0.39 is 0 Å². The van der Waals surface area contributed by atoms with Crippen molar-refractivity contribution < 1.29 is 9.59 Å². The summed E-state index contributed by atoms with van der Waals surface area (Å²) in [4.78, 5) is 24.1. The molecule has 1 aromatic carbocycles. The van der Waals surface area contributed by atoms with Gasteiger partial charge in [-0.1, -0.05) is 6.07 Å². The van der Waals surface area contributed by atoms with E-state index in [1.54, 1.807) is 11.7 Å². The predicted octanol–water partition coefficient (Wildman–Crippen LogP) is 1.62.